The number of carbonyl (C=O) groups excluding carboxylic acids is 1. The van der Waals surface area contributed by atoms with Gasteiger partial charge in [-0.05, 0) is 55.8 Å². The van der Waals surface area contributed by atoms with Crippen LogP contribution in [0.4, 0.5) is 5.69 Å². The highest BCUT2D eigenvalue weighted by Crippen LogP contribution is 2.28. The minimum Gasteiger partial charge on any atom is -0.497 e. The van der Waals surface area contributed by atoms with Crippen molar-refractivity contribution in [3.63, 3.8) is 0 Å². The van der Waals surface area contributed by atoms with Gasteiger partial charge in [-0.3, -0.25) is 9.69 Å². The van der Waals surface area contributed by atoms with Gasteiger partial charge in [-0.2, -0.15) is 0 Å². The summed E-state index contributed by atoms with van der Waals surface area (Å²) >= 11 is 12.6. The topological polar surface area (TPSA) is 41.6 Å². The molecule has 0 aliphatic carbocycles. The number of amides is 1. The number of carbonyl (C=O) groups is 1. The lowest BCUT2D eigenvalue weighted by Crippen LogP contribution is -2.40. The summed E-state index contributed by atoms with van der Waals surface area (Å²) in [7, 11) is 1.62. The summed E-state index contributed by atoms with van der Waals surface area (Å²) in [6.45, 7) is 2.29. The van der Waals surface area contributed by atoms with Crippen LogP contribution in [-0.4, -0.2) is 31.0 Å². The number of piperidine rings is 1. The Morgan fingerprint density at radius 2 is 1.88 bits per heavy atom. The van der Waals surface area contributed by atoms with E-state index in [0.29, 0.717) is 23.1 Å². The van der Waals surface area contributed by atoms with Gasteiger partial charge in [0.2, 0.25) is 5.91 Å². The summed E-state index contributed by atoms with van der Waals surface area (Å²) in [5.41, 5.74) is 1.70. The number of likely N-dealkylation sites (tertiary alicyclic amines) is 1. The molecule has 4 nitrogen and oxygen atoms in total. The van der Waals surface area contributed by atoms with E-state index in [1.165, 1.54) is 0 Å². The van der Waals surface area contributed by atoms with Gasteiger partial charge < -0.3 is 10.1 Å². The molecule has 1 fully saturated rings. The highest BCUT2D eigenvalue weighted by atomic mass is 35.5. The van der Waals surface area contributed by atoms with E-state index in [-0.39, 0.29) is 11.8 Å². The Kier molecular flexibility index (Phi) is 6.41. The van der Waals surface area contributed by atoms with Gasteiger partial charge >= 0.3 is 0 Å². The molecule has 3 rings (SSSR count). The Bertz CT molecular complexity index is 745. The van der Waals surface area contributed by atoms with Crippen LogP contribution >= 0.6 is 23.2 Å². The molecule has 0 unspecified atom stereocenters. The van der Waals surface area contributed by atoms with Gasteiger partial charge in [-0.25, -0.2) is 0 Å². The third-order valence-electron chi connectivity index (χ3n) is 4.68. The zero-order chi connectivity index (χ0) is 18.5. The molecule has 1 N–H and O–H groups in total. The van der Waals surface area contributed by atoms with Crippen LogP contribution in [0.3, 0.4) is 0 Å². The molecule has 1 amide bonds. The zero-order valence-electron chi connectivity index (χ0n) is 14.7. The van der Waals surface area contributed by atoms with Crippen LogP contribution in [0.5, 0.6) is 5.75 Å². The summed E-state index contributed by atoms with van der Waals surface area (Å²) in [5.74, 6) is 0.765. The third-order valence-corrected chi connectivity index (χ3v) is 5.39. The molecule has 0 bridgehead atoms. The van der Waals surface area contributed by atoms with E-state index in [1.807, 2.05) is 42.5 Å². The van der Waals surface area contributed by atoms with Crippen molar-refractivity contribution in [1.29, 1.82) is 0 Å². The number of rotatable bonds is 5. The number of nitrogens with zero attached hydrogens (tertiary/aromatic N) is 1. The van der Waals surface area contributed by atoms with Crippen LogP contribution < -0.4 is 10.1 Å². The predicted molar refractivity (Wildman–Crippen MR) is 106 cm³/mol. The molecule has 0 spiro atoms. The van der Waals surface area contributed by atoms with Crippen LogP contribution in [0.15, 0.2) is 42.5 Å². The predicted octanol–water partition coefficient (Wildman–Crippen LogP) is 4.85. The average Bonchev–Trinajstić information content (AvgIpc) is 2.66. The molecule has 1 aliphatic heterocycles. The zero-order valence-corrected chi connectivity index (χ0v) is 16.2. The molecular formula is C20H22Cl2N2O2. The first-order valence-corrected chi connectivity index (χ1v) is 9.42. The number of methoxy groups -OCH3 is 1. The second-order valence-electron chi connectivity index (χ2n) is 6.49. The third kappa shape index (κ3) is 4.70. The molecule has 6 heteroatoms. The van der Waals surface area contributed by atoms with Gasteiger partial charge in [0.25, 0.3) is 0 Å². The summed E-state index contributed by atoms with van der Waals surface area (Å²) in [6.07, 6.45) is 1.86. The Morgan fingerprint density at radius 3 is 2.54 bits per heavy atom. The maximum Gasteiger partial charge on any atom is 0.228 e. The van der Waals surface area contributed by atoms with Crippen LogP contribution in [-0.2, 0) is 11.3 Å². The van der Waals surface area contributed by atoms with Crippen molar-refractivity contribution in [2.24, 2.45) is 5.92 Å². The van der Waals surface area contributed by atoms with E-state index in [2.05, 4.69) is 10.2 Å². The van der Waals surface area contributed by atoms with Crippen LogP contribution in [0.25, 0.3) is 0 Å². The molecule has 0 aromatic heterocycles. The van der Waals surface area contributed by atoms with Crippen molar-refractivity contribution in [2.45, 2.75) is 19.4 Å². The standard InChI is InChI=1S/C20H22Cl2N2O2/c1-26-16-9-7-15(8-10-16)23-20(25)14-4-3-11-24(12-14)13-17-18(21)5-2-6-19(17)22/h2,5-10,14H,3-4,11-13H2,1H3,(H,23,25)/t14-/m1/s1. The average molecular weight is 393 g/mol. The molecule has 2 aromatic carbocycles. The van der Waals surface area contributed by atoms with Gasteiger partial charge in [0.1, 0.15) is 5.75 Å². The number of nitrogens with one attached hydrogen (secondary N) is 1. The number of ether oxygens (including phenoxy) is 1. The Morgan fingerprint density at radius 1 is 1.19 bits per heavy atom. The SMILES string of the molecule is COc1ccc(NC(=O)[C@@H]2CCCN(Cc3c(Cl)cccc3Cl)C2)cc1. The second kappa shape index (κ2) is 8.76. The van der Waals surface area contributed by atoms with Crippen LogP contribution in [0.2, 0.25) is 10.0 Å². The molecule has 138 valence electrons. The van der Waals surface area contributed by atoms with Crippen molar-refractivity contribution in [3.05, 3.63) is 58.1 Å². The van der Waals surface area contributed by atoms with Crippen LogP contribution in [0, 0.1) is 5.92 Å². The highest BCUT2D eigenvalue weighted by Gasteiger charge is 2.26. The maximum absolute atomic E-state index is 12.6. The molecule has 0 saturated carbocycles. The van der Waals surface area contributed by atoms with E-state index < -0.39 is 0 Å². The minimum absolute atomic E-state index is 0.0464. The summed E-state index contributed by atoms with van der Waals surface area (Å²) < 4.78 is 5.14. The van der Waals surface area contributed by atoms with E-state index in [1.54, 1.807) is 7.11 Å². The Balaban J connectivity index is 1.61. The fraction of sp³-hybridized carbons (Fsp3) is 0.350. The summed E-state index contributed by atoms with van der Waals surface area (Å²) in [6, 6.07) is 12.9. The Labute approximate surface area is 164 Å². The molecule has 1 atom stereocenters. The molecule has 1 heterocycles. The van der Waals surface area contributed by atoms with Gasteiger partial charge in [0, 0.05) is 34.4 Å². The quantitative estimate of drug-likeness (QED) is 0.790. The largest absolute Gasteiger partial charge is 0.497 e. The summed E-state index contributed by atoms with van der Waals surface area (Å²) in [4.78, 5) is 14.9. The number of benzene rings is 2. The maximum atomic E-state index is 12.6. The van der Waals surface area contributed by atoms with Crippen LogP contribution in [0.1, 0.15) is 18.4 Å². The van der Waals surface area contributed by atoms with Crippen molar-refractivity contribution >= 4 is 34.8 Å². The van der Waals surface area contributed by atoms with Gasteiger partial charge in [-0.1, -0.05) is 29.3 Å². The minimum atomic E-state index is -0.0490. The monoisotopic (exact) mass is 392 g/mol. The lowest BCUT2D eigenvalue weighted by Gasteiger charge is -2.32. The smallest absolute Gasteiger partial charge is 0.228 e. The first-order valence-electron chi connectivity index (χ1n) is 8.67. The van der Waals surface area contributed by atoms with Crippen molar-refractivity contribution in [3.8, 4) is 5.75 Å². The molecule has 0 radical (unpaired) electrons. The molecule has 1 saturated heterocycles. The normalized spacial score (nSPS) is 17.7. The summed E-state index contributed by atoms with van der Waals surface area (Å²) in [5, 5.41) is 4.33. The van der Waals surface area contributed by atoms with Gasteiger partial charge in [0.05, 0.1) is 13.0 Å². The molecule has 1 aliphatic rings. The van der Waals surface area contributed by atoms with E-state index in [9.17, 15) is 4.79 Å². The fourth-order valence-corrected chi connectivity index (χ4v) is 3.76. The first-order chi connectivity index (χ1) is 12.6. The highest BCUT2D eigenvalue weighted by molar-refractivity contribution is 6.35. The second-order valence-corrected chi connectivity index (χ2v) is 7.31. The molecule has 26 heavy (non-hydrogen) atoms. The van der Waals surface area contributed by atoms with Crippen molar-refractivity contribution in [2.75, 3.05) is 25.5 Å². The van der Waals surface area contributed by atoms with Crippen molar-refractivity contribution in [1.82, 2.24) is 4.90 Å². The fourth-order valence-electron chi connectivity index (χ4n) is 3.24. The lowest BCUT2D eigenvalue weighted by molar-refractivity contribution is -0.121. The van der Waals surface area contributed by atoms with Gasteiger partial charge in [0.15, 0.2) is 0 Å². The van der Waals surface area contributed by atoms with E-state index in [0.717, 1.165) is 36.4 Å². The first kappa shape index (κ1) is 19.0. The number of hydrogen-bond donors (Lipinski definition) is 1. The molecular weight excluding hydrogens is 371 g/mol. The number of hydrogen-bond acceptors (Lipinski definition) is 3. The lowest BCUT2D eigenvalue weighted by atomic mass is 9.96. The van der Waals surface area contributed by atoms with E-state index in [4.69, 9.17) is 27.9 Å². The molecule has 2 aromatic rings. The Hall–Kier alpha value is -1.75. The number of halogens is 2. The van der Waals surface area contributed by atoms with Gasteiger partial charge in [-0.15, -0.1) is 0 Å². The van der Waals surface area contributed by atoms with Crippen molar-refractivity contribution < 1.29 is 9.53 Å². The number of anilines is 1. The van der Waals surface area contributed by atoms with E-state index >= 15 is 0 Å².